The average Bonchev–Trinajstić information content (AvgIpc) is 2.37. The summed E-state index contributed by atoms with van der Waals surface area (Å²) in [5.41, 5.74) is 1.08. The minimum absolute atomic E-state index is 0.0204. The van der Waals surface area contributed by atoms with Gasteiger partial charge < -0.3 is 10.1 Å². The number of nitrogens with zero attached hydrogens (tertiary/aromatic N) is 1. The molecule has 1 N–H and O–H groups in total. The van der Waals surface area contributed by atoms with Crippen LogP contribution in [-0.4, -0.2) is 24.1 Å². The van der Waals surface area contributed by atoms with Crippen molar-refractivity contribution in [3.63, 3.8) is 0 Å². The molecule has 0 saturated heterocycles. The number of benzene rings is 1. The van der Waals surface area contributed by atoms with E-state index < -0.39 is 4.92 Å². The number of nitrogens with one attached hydrogen (secondary N) is 1. The summed E-state index contributed by atoms with van der Waals surface area (Å²) < 4.78 is 5.63. The Kier molecular flexibility index (Phi) is 6.15. The van der Waals surface area contributed by atoms with E-state index in [0.717, 1.165) is 5.56 Å². The van der Waals surface area contributed by atoms with E-state index >= 15 is 0 Å². The van der Waals surface area contributed by atoms with Crippen molar-refractivity contribution in [3.05, 3.63) is 33.9 Å². The van der Waals surface area contributed by atoms with Crippen molar-refractivity contribution < 1.29 is 9.66 Å². The van der Waals surface area contributed by atoms with Crippen molar-refractivity contribution in [2.45, 2.75) is 52.7 Å². The highest BCUT2D eigenvalue weighted by molar-refractivity contribution is 5.49. The standard InChI is InChI=1S/C16H26N2O3/c1-10(2)16(12(5)17-6)13-7-8-14(18(19)20)15(9-13)21-11(3)4/h7-12,16-17H,1-6H3. The summed E-state index contributed by atoms with van der Waals surface area (Å²) in [6.07, 6.45) is -0.0989. The fraction of sp³-hybridized carbons (Fsp3) is 0.625. The Morgan fingerprint density at radius 2 is 1.81 bits per heavy atom. The lowest BCUT2D eigenvalue weighted by Gasteiger charge is -2.28. The van der Waals surface area contributed by atoms with Crippen molar-refractivity contribution in [1.29, 1.82) is 0 Å². The molecule has 5 heteroatoms. The van der Waals surface area contributed by atoms with Crippen molar-refractivity contribution in [2.75, 3.05) is 7.05 Å². The molecule has 0 amide bonds. The summed E-state index contributed by atoms with van der Waals surface area (Å²) in [5.74, 6) is 1.03. The molecule has 0 heterocycles. The van der Waals surface area contributed by atoms with Crippen LogP contribution in [0.3, 0.4) is 0 Å². The van der Waals surface area contributed by atoms with Crippen LogP contribution in [0.4, 0.5) is 5.69 Å². The highest BCUT2D eigenvalue weighted by atomic mass is 16.6. The highest BCUT2D eigenvalue weighted by Gasteiger charge is 2.25. The first-order valence-corrected chi connectivity index (χ1v) is 7.40. The van der Waals surface area contributed by atoms with Gasteiger partial charge >= 0.3 is 5.69 Å². The van der Waals surface area contributed by atoms with Crippen LogP contribution in [0.25, 0.3) is 0 Å². The molecule has 0 aliphatic carbocycles. The zero-order chi connectivity index (χ0) is 16.2. The van der Waals surface area contributed by atoms with Crippen molar-refractivity contribution in [2.24, 2.45) is 5.92 Å². The normalized spacial score (nSPS) is 14.3. The van der Waals surface area contributed by atoms with E-state index in [9.17, 15) is 10.1 Å². The van der Waals surface area contributed by atoms with Gasteiger partial charge in [-0.1, -0.05) is 19.9 Å². The second-order valence-corrected chi connectivity index (χ2v) is 6.00. The molecule has 0 aliphatic rings. The van der Waals surface area contributed by atoms with Gasteiger partial charge in [0.15, 0.2) is 5.75 Å². The number of nitro groups is 1. The second kappa shape index (κ2) is 7.41. The fourth-order valence-corrected chi connectivity index (χ4v) is 2.67. The molecule has 2 unspecified atom stereocenters. The lowest BCUT2D eigenvalue weighted by molar-refractivity contribution is -0.386. The Labute approximate surface area is 126 Å². The maximum absolute atomic E-state index is 11.1. The lowest BCUT2D eigenvalue weighted by Crippen LogP contribution is -2.32. The van der Waals surface area contributed by atoms with Crippen LogP contribution in [0.15, 0.2) is 18.2 Å². The van der Waals surface area contributed by atoms with Crippen molar-refractivity contribution >= 4 is 5.69 Å². The van der Waals surface area contributed by atoms with Crippen LogP contribution in [0.5, 0.6) is 5.75 Å². The summed E-state index contributed by atoms with van der Waals surface area (Å²) in [6, 6.07) is 5.48. The van der Waals surface area contributed by atoms with Crippen LogP contribution in [-0.2, 0) is 0 Å². The molecule has 0 saturated carbocycles. The summed E-state index contributed by atoms with van der Waals surface area (Å²) in [6.45, 7) is 10.2. The second-order valence-electron chi connectivity index (χ2n) is 6.00. The first-order chi connectivity index (χ1) is 9.77. The third kappa shape index (κ3) is 4.43. The largest absolute Gasteiger partial charge is 0.484 e. The SMILES string of the molecule is CNC(C)C(c1ccc([N+](=O)[O-])c(OC(C)C)c1)C(C)C. The molecule has 0 aromatic heterocycles. The van der Waals surface area contributed by atoms with Crippen LogP contribution in [0.1, 0.15) is 46.1 Å². The van der Waals surface area contributed by atoms with Crippen LogP contribution < -0.4 is 10.1 Å². The summed E-state index contributed by atoms with van der Waals surface area (Å²) in [5, 5.41) is 14.4. The number of hydrogen-bond acceptors (Lipinski definition) is 4. The maximum Gasteiger partial charge on any atom is 0.310 e. The predicted molar refractivity (Wildman–Crippen MR) is 85.0 cm³/mol. The van der Waals surface area contributed by atoms with Gasteiger partial charge in [0.25, 0.3) is 0 Å². The monoisotopic (exact) mass is 294 g/mol. The first kappa shape index (κ1) is 17.4. The molecule has 0 aliphatic heterocycles. The summed E-state index contributed by atoms with van der Waals surface area (Å²) in [4.78, 5) is 10.7. The molecule has 1 aromatic rings. The van der Waals surface area contributed by atoms with E-state index in [4.69, 9.17) is 4.74 Å². The number of likely N-dealkylation sites (N-methyl/N-ethyl adjacent to an activating group) is 1. The van der Waals surface area contributed by atoms with Gasteiger partial charge in [0, 0.05) is 18.0 Å². The molecule has 1 rings (SSSR count). The van der Waals surface area contributed by atoms with Gasteiger partial charge in [-0.2, -0.15) is 0 Å². The molecule has 0 bridgehead atoms. The van der Waals surface area contributed by atoms with Gasteiger partial charge in [0.05, 0.1) is 11.0 Å². The van der Waals surface area contributed by atoms with E-state index in [0.29, 0.717) is 11.7 Å². The van der Waals surface area contributed by atoms with Gasteiger partial charge in [-0.25, -0.2) is 0 Å². The molecule has 0 fully saturated rings. The maximum atomic E-state index is 11.1. The summed E-state index contributed by atoms with van der Waals surface area (Å²) >= 11 is 0. The molecule has 5 nitrogen and oxygen atoms in total. The van der Waals surface area contributed by atoms with Crippen LogP contribution >= 0.6 is 0 Å². The number of ether oxygens (including phenoxy) is 1. The van der Waals surface area contributed by atoms with Gasteiger partial charge in [-0.3, -0.25) is 10.1 Å². The van der Waals surface area contributed by atoms with Crippen LogP contribution in [0.2, 0.25) is 0 Å². The zero-order valence-corrected chi connectivity index (χ0v) is 13.7. The summed E-state index contributed by atoms with van der Waals surface area (Å²) in [7, 11) is 1.93. The Morgan fingerprint density at radius 1 is 1.19 bits per heavy atom. The third-order valence-corrected chi connectivity index (χ3v) is 3.64. The molecule has 0 spiro atoms. The third-order valence-electron chi connectivity index (χ3n) is 3.64. The smallest absolute Gasteiger partial charge is 0.310 e. The number of nitro benzene ring substituents is 1. The van der Waals surface area contributed by atoms with Crippen molar-refractivity contribution in [3.8, 4) is 5.75 Å². The van der Waals surface area contributed by atoms with Gasteiger partial charge in [-0.15, -0.1) is 0 Å². The number of rotatable bonds is 7. The molecule has 1 aromatic carbocycles. The average molecular weight is 294 g/mol. The fourth-order valence-electron chi connectivity index (χ4n) is 2.67. The Bertz CT molecular complexity index is 486. The molecule has 118 valence electrons. The van der Waals surface area contributed by atoms with E-state index in [1.807, 2.05) is 33.0 Å². The van der Waals surface area contributed by atoms with E-state index in [1.54, 1.807) is 6.07 Å². The molecule has 21 heavy (non-hydrogen) atoms. The Hall–Kier alpha value is -1.62. The van der Waals surface area contributed by atoms with E-state index in [2.05, 4.69) is 26.1 Å². The topological polar surface area (TPSA) is 64.4 Å². The minimum Gasteiger partial charge on any atom is -0.484 e. The van der Waals surface area contributed by atoms with Crippen LogP contribution in [0, 0.1) is 16.0 Å². The first-order valence-electron chi connectivity index (χ1n) is 7.40. The van der Waals surface area contributed by atoms with Gasteiger partial charge in [0.2, 0.25) is 0 Å². The minimum atomic E-state index is -0.395. The quantitative estimate of drug-likeness (QED) is 0.614. The van der Waals surface area contributed by atoms with Gasteiger partial charge in [-0.05, 0) is 45.4 Å². The lowest BCUT2D eigenvalue weighted by atomic mass is 9.83. The van der Waals surface area contributed by atoms with Gasteiger partial charge in [0.1, 0.15) is 0 Å². The zero-order valence-electron chi connectivity index (χ0n) is 13.7. The molecule has 0 radical (unpaired) electrons. The number of hydrogen-bond donors (Lipinski definition) is 1. The molecular formula is C16H26N2O3. The van der Waals surface area contributed by atoms with Crippen molar-refractivity contribution in [1.82, 2.24) is 5.32 Å². The predicted octanol–water partition coefficient (Wildman–Crippen LogP) is 3.73. The highest BCUT2D eigenvalue weighted by Crippen LogP contribution is 2.35. The molecular weight excluding hydrogens is 268 g/mol. The molecule has 2 atom stereocenters. The Morgan fingerprint density at radius 3 is 2.24 bits per heavy atom. The Balaban J connectivity index is 3.27. The van der Waals surface area contributed by atoms with E-state index in [-0.39, 0.29) is 23.8 Å². The van der Waals surface area contributed by atoms with E-state index in [1.165, 1.54) is 0 Å².